The van der Waals surface area contributed by atoms with E-state index in [0.717, 1.165) is 11.1 Å². The van der Waals surface area contributed by atoms with Crippen molar-refractivity contribution in [2.75, 3.05) is 19.4 Å². The normalized spacial score (nSPS) is 14.8. The molecule has 0 aliphatic rings. The highest BCUT2D eigenvalue weighted by Gasteiger charge is 2.28. The van der Waals surface area contributed by atoms with Crippen molar-refractivity contribution in [1.82, 2.24) is 10.3 Å². The average Bonchev–Trinajstić information content (AvgIpc) is 2.31. The molecule has 102 valence electrons. The summed E-state index contributed by atoms with van der Waals surface area (Å²) in [7, 11) is 1.94. The summed E-state index contributed by atoms with van der Waals surface area (Å²) in [5, 5.41) is 3.32. The van der Waals surface area contributed by atoms with E-state index < -0.39 is 0 Å². The first-order valence-electron chi connectivity index (χ1n) is 6.52. The molecule has 0 bridgehead atoms. The van der Waals surface area contributed by atoms with Gasteiger partial charge in [0.1, 0.15) is 5.82 Å². The van der Waals surface area contributed by atoms with Crippen LogP contribution >= 0.6 is 0 Å². The van der Waals surface area contributed by atoms with Crippen LogP contribution in [0.5, 0.6) is 0 Å². The van der Waals surface area contributed by atoms with Crippen LogP contribution in [0.4, 0.5) is 5.82 Å². The van der Waals surface area contributed by atoms with E-state index in [4.69, 9.17) is 10.5 Å². The Labute approximate surface area is 110 Å². The van der Waals surface area contributed by atoms with Gasteiger partial charge in [0.25, 0.3) is 0 Å². The number of ether oxygens (including phenoxy) is 1. The fourth-order valence-corrected chi connectivity index (χ4v) is 2.33. The Morgan fingerprint density at radius 1 is 1.44 bits per heavy atom. The van der Waals surface area contributed by atoms with Crippen molar-refractivity contribution in [1.29, 1.82) is 0 Å². The molecule has 2 unspecified atom stereocenters. The molecule has 4 heteroatoms. The maximum Gasteiger partial charge on any atom is 0.128 e. The van der Waals surface area contributed by atoms with E-state index in [9.17, 15) is 0 Å². The number of pyridine rings is 1. The number of likely N-dealkylation sites (N-methyl/N-ethyl adjacent to an activating group) is 1. The summed E-state index contributed by atoms with van der Waals surface area (Å²) in [5.41, 5.74) is 8.22. The van der Waals surface area contributed by atoms with Gasteiger partial charge in [0, 0.05) is 18.4 Å². The van der Waals surface area contributed by atoms with Crippen LogP contribution in [-0.2, 0) is 4.74 Å². The van der Waals surface area contributed by atoms with Crippen molar-refractivity contribution >= 4 is 5.82 Å². The monoisotopic (exact) mass is 251 g/mol. The number of nitrogens with zero attached hydrogens (tertiary/aromatic N) is 1. The predicted octanol–water partition coefficient (Wildman–Crippen LogP) is 2.29. The molecule has 0 aliphatic carbocycles. The summed E-state index contributed by atoms with van der Waals surface area (Å²) in [6.07, 6.45) is 1.83. The van der Waals surface area contributed by atoms with Gasteiger partial charge < -0.3 is 15.8 Å². The van der Waals surface area contributed by atoms with Gasteiger partial charge in [-0.05, 0) is 38.4 Å². The fraction of sp³-hybridized carbons (Fsp3) is 0.643. The van der Waals surface area contributed by atoms with Gasteiger partial charge in [0.2, 0.25) is 0 Å². The minimum atomic E-state index is 0.0682. The Morgan fingerprint density at radius 2 is 2.11 bits per heavy atom. The molecule has 1 aromatic rings. The third kappa shape index (κ3) is 3.21. The van der Waals surface area contributed by atoms with Crippen LogP contribution in [0.25, 0.3) is 0 Å². The van der Waals surface area contributed by atoms with Gasteiger partial charge in [-0.2, -0.15) is 0 Å². The SMILES string of the molecule is CCOC(C(C)C)C(NC)c1c(C)ccnc1N. The third-order valence-corrected chi connectivity index (χ3v) is 3.21. The number of hydrogen-bond acceptors (Lipinski definition) is 4. The van der Waals surface area contributed by atoms with Crippen LogP contribution in [0.2, 0.25) is 0 Å². The van der Waals surface area contributed by atoms with Crippen LogP contribution < -0.4 is 11.1 Å². The summed E-state index contributed by atoms with van der Waals surface area (Å²) >= 11 is 0. The van der Waals surface area contributed by atoms with Gasteiger partial charge in [-0.3, -0.25) is 0 Å². The molecular formula is C14H25N3O. The molecule has 0 aliphatic heterocycles. The molecule has 3 N–H and O–H groups in total. The van der Waals surface area contributed by atoms with Gasteiger partial charge >= 0.3 is 0 Å². The second-order valence-electron chi connectivity index (χ2n) is 4.86. The smallest absolute Gasteiger partial charge is 0.128 e. The third-order valence-electron chi connectivity index (χ3n) is 3.21. The molecule has 1 rings (SSSR count). The van der Waals surface area contributed by atoms with Gasteiger partial charge in [-0.25, -0.2) is 4.98 Å². The molecule has 18 heavy (non-hydrogen) atoms. The lowest BCUT2D eigenvalue weighted by atomic mass is 9.91. The lowest BCUT2D eigenvalue weighted by Crippen LogP contribution is -2.36. The first-order chi connectivity index (χ1) is 8.52. The number of aryl methyl sites for hydroxylation is 1. The van der Waals surface area contributed by atoms with E-state index in [0.29, 0.717) is 18.3 Å². The van der Waals surface area contributed by atoms with Crippen LogP contribution in [0.3, 0.4) is 0 Å². The molecule has 0 saturated heterocycles. The number of hydrogen-bond donors (Lipinski definition) is 2. The highest BCUT2D eigenvalue weighted by molar-refractivity contribution is 5.46. The maximum atomic E-state index is 6.03. The van der Waals surface area contributed by atoms with Crippen molar-refractivity contribution < 1.29 is 4.74 Å². The Bertz CT molecular complexity index is 359. The van der Waals surface area contributed by atoms with Gasteiger partial charge in [0.05, 0.1) is 12.1 Å². The molecule has 0 radical (unpaired) electrons. The first-order valence-corrected chi connectivity index (χ1v) is 6.52. The molecule has 0 aromatic carbocycles. The number of nitrogen functional groups attached to an aromatic ring is 1. The zero-order valence-electron chi connectivity index (χ0n) is 12.0. The van der Waals surface area contributed by atoms with Crippen molar-refractivity contribution in [2.24, 2.45) is 5.92 Å². The van der Waals surface area contributed by atoms with Gasteiger partial charge in [0.15, 0.2) is 0 Å². The highest BCUT2D eigenvalue weighted by Crippen LogP contribution is 2.29. The number of nitrogens with two attached hydrogens (primary N) is 1. The zero-order chi connectivity index (χ0) is 13.7. The molecular weight excluding hydrogens is 226 g/mol. The second kappa shape index (κ2) is 6.71. The lowest BCUT2D eigenvalue weighted by Gasteiger charge is -2.31. The van der Waals surface area contributed by atoms with Crippen molar-refractivity contribution in [3.8, 4) is 0 Å². The summed E-state index contributed by atoms with van der Waals surface area (Å²) in [6, 6.07) is 2.05. The zero-order valence-corrected chi connectivity index (χ0v) is 12.0. The number of aromatic nitrogens is 1. The van der Waals surface area contributed by atoms with Crippen molar-refractivity contribution in [2.45, 2.75) is 39.8 Å². The number of anilines is 1. The van der Waals surface area contributed by atoms with Crippen molar-refractivity contribution in [3.05, 3.63) is 23.4 Å². The second-order valence-corrected chi connectivity index (χ2v) is 4.86. The quantitative estimate of drug-likeness (QED) is 0.814. The summed E-state index contributed by atoms with van der Waals surface area (Å²) < 4.78 is 5.88. The minimum Gasteiger partial charge on any atom is -0.383 e. The fourth-order valence-electron chi connectivity index (χ4n) is 2.33. The maximum absolute atomic E-state index is 6.03. The molecule has 0 saturated carbocycles. The van der Waals surface area contributed by atoms with E-state index in [1.807, 2.05) is 20.0 Å². The molecule has 0 fully saturated rings. The lowest BCUT2D eigenvalue weighted by molar-refractivity contribution is 0.00456. The van der Waals surface area contributed by atoms with E-state index in [2.05, 4.69) is 31.1 Å². The Kier molecular flexibility index (Phi) is 5.56. The minimum absolute atomic E-state index is 0.0682. The number of rotatable bonds is 6. The standard InChI is InChI=1S/C14H25N3O/c1-6-18-13(9(2)3)12(16-5)11-10(4)7-8-17-14(11)15/h7-9,12-13,16H,6H2,1-5H3,(H2,15,17). The van der Waals surface area contributed by atoms with Gasteiger partial charge in [-0.1, -0.05) is 13.8 Å². The summed E-state index contributed by atoms with van der Waals surface area (Å²) in [6.45, 7) is 9.09. The Morgan fingerprint density at radius 3 is 2.56 bits per heavy atom. The highest BCUT2D eigenvalue weighted by atomic mass is 16.5. The van der Waals surface area contributed by atoms with Crippen LogP contribution in [0.1, 0.15) is 37.9 Å². The summed E-state index contributed by atoms with van der Waals surface area (Å²) in [5.74, 6) is 0.987. The number of nitrogens with one attached hydrogen (secondary N) is 1. The molecule has 1 heterocycles. The predicted molar refractivity (Wildman–Crippen MR) is 75.4 cm³/mol. The molecule has 2 atom stereocenters. The average molecular weight is 251 g/mol. The Hall–Kier alpha value is -1.13. The van der Waals surface area contributed by atoms with E-state index in [1.165, 1.54) is 0 Å². The van der Waals surface area contributed by atoms with Gasteiger partial charge in [-0.15, -0.1) is 0 Å². The topological polar surface area (TPSA) is 60.2 Å². The largest absolute Gasteiger partial charge is 0.383 e. The Balaban J connectivity index is 3.14. The molecule has 0 spiro atoms. The van der Waals surface area contributed by atoms with E-state index in [-0.39, 0.29) is 12.1 Å². The summed E-state index contributed by atoms with van der Waals surface area (Å²) in [4.78, 5) is 4.19. The van der Waals surface area contributed by atoms with Crippen LogP contribution in [-0.4, -0.2) is 24.7 Å². The van der Waals surface area contributed by atoms with E-state index in [1.54, 1.807) is 6.20 Å². The first kappa shape index (κ1) is 14.9. The van der Waals surface area contributed by atoms with Crippen molar-refractivity contribution in [3.63, 3.8) is 0 Å². The van der Waals surface area contributed by atoms with E-state index >= 15 is 0 Å². The molecule has 1 aromatic heterocycles. The molecule has 4 nitrogen and oxygen atoms in total. The van der Waals surface area contributed by atoms with Crippen LogP contribution in [0, 0.1) is 12.8 Å². The van der Waals surface area contributed by atoms with Crippen LogP contribution in [0.15, 0.2) is 12.3 Å². The molecule has 0 amide bonds.